The van der Waals surface area contributed by atoms with E-state index in [0.717, 1.165) is 5.56 Å². The van der Waals surface area contributed by atoms with Gasteiger partial charge in [-0.2, -0.15) is 0 Å². The molecule has 0 aliphatic carbocycles. The van der Waals surface area contributed by atoms with Gasteiger partial charge in [-0.1, -0.05) is 24.5 Å². The lowest BCUT2D eigenvalue weighted by Crippen LogP contribution is -2.03. The molecule has 0 amide bonds. The molecule has 1 aromatic rings. The fourth-order valence-electron chi connectivity index (χ4n) is 0.717. The third kappa shape index (κ3) is 2.45. The second-order valence-corrected chi connectivity index (χ2v) is 5.67. The van der Waals surface area contributed by atoms with Crippen molar-refractivity contribution in [2.75, 3.05) is 0 Å². The van der Waals surface area contributed by atoms with Gasteiger partial charge in [0.05, 0.1) is 5.69 Å². The molecule has 1 heterocycles. The summed E-state index contributed by atoms with van der Waals surface area (Å²) in [6, 6.07) is 3.50. The van der Waals surface area contributed by atoms with Crippen LogP contribution in [0.15, 0.2) is 16.7 Å². The van der Waals surface area contributed by atoms with Crippen molar-refractivity contribution in [3.8, 4) is 0 Å². The first-order chi connectivity index (χ1) is 5.41. The van der Waals surface area contributed by atoms with Crippen LogP contribution in [-0.4, -0.2) is 4.98 Å². The molecule has 66 valence electrons. The minimum atomic E-state index is -1.53. The van der Waals surface area contributed by atoms with Crippen molar-refractivity contribution in [2.45, 2.75) is 12.1 Å². The van der Waals surface area contributed by atoms with E-state index in [0.29, 0.717) is 10.3 Å². The Labute approximate surface area is 84.1 Å². The first kappa shape index (κ1) is 10.5. The van der Waals surface area contributed by atoms with Crippen molar-refractivity contribution in [3.63, 3.8) is 0 Å². The average molecular weight is 268 g/mol. The van der Waals surface area contributed by atoms with E-state index in [-0.39, 0.29) is 0 Å². The summed E-state index contributed by atoms with van der Waals surface area (Å²) in [4.78, 5) is 4.04. The molecule has 0 saturated carbocycles. The number of hydrogen-bond acceptors (Lipinski definition) is 1. The number of hydrogen-bond donors (Lipinski definition) is 0. The van der Waals surface area contributed by atoms with E-state index < -0.39 is 5.15 Å². The fourth-order valence-corrected chi connectivity index (χ4v) is 1.36. The average Bonchev–Trinajstić information content (AvgIpc) is 1.92. The van der Waals surface area contributed by atoms with E-state index in [4.69, 9.17) is 0 Å². The van der Waals surface area contributed by atoms with Crippen LogP contribution >= 0.6 is 34.4 Å². The van der Waals surface area contributed by atoms with E-state index in [1.54, 1.807) is 6.07 Å². The van der Waals surface area contributed by atoms with Gasteiger partial charge in [0.25, 0.3) is 0 Å². The quantitative estimate of drug-likeness (QED) is 0.563. The Kier molecular flexibility index (Phi) is 3.20. The molecular formula is C7H9BrFNP2. The molecule has 0 radical (unpaired) electrons. The molecule has 5 heteroatoms. The summed E-state index contributed by atoms with van der Waals surface area (Å²) in [6.45, 7) is 1.91. The van der Waals surface area contributed by atoms with Gasteiger partial charge in [0, 0.05) is 0 Å². The molecule has 0 N–H and O–H groups in total. The van der Waals surface area contributed by atoms with Crippen molar-refractivity contribution in [3.05, 3.63) is 28.0 Å². The Morgan fingerprint density at radius 2 is 2.08 bits per heavy atom. The molecule has 2 atom stereocenters. The van der Waals surface area contributed by atoms with Crippen LogP contribution in [0.5, 0.6) is 0 Å². The van der Waals surface area contributed by atoms with Crippen molar-refractivity contribution < 1.29 is 4.39 Å². The Hall–Kier alpha value is 0.420. The highest BCUT2D eigenvalue weighted by Gasteiger charge is 2.21. The van der Waals surface area contributed by atoms with E-state index in [2.05, 4.69) is 39.4 Å². The standard InChI is InChI=1S/C7H9BrFNP2/c1-4-2-3-5(7(9,11)12)10-6(4)8/h2-3H,11-12H2,1H3. The lowest BCUT2D eigenvalue weighted by Gasteiger charge is -2.13. The monoisotopic (exact) mass is 267 g/mol. The lowest BCUT2D eigenvalue weighted by molar-refractivity contribution is 0.413. The van der Waals surface area contributed by atoms with Crippen LogP contribution in [0, 0.1) is 6.92 Å². The number of nitrogens with zero attached hydrogens (tertiary/aromatic N) is 1. The zero-order valence-electron chi connectivity index (χ0n) is 6.51. The molecule has 1 aromatic heterocycles. The van der Waals surface area contributed by atoms with Gasteiger partial charge in [-0.15, -0.1) is 0 Å². The third-order valence-electron chi connectivity index (χ3n) is 1.43. The SMILES string of the molecule is Cc1ccc(C(F)(P)P)nc1Br. The van der Waals surface area contributed by atoms with Crippen molar-refractivity contribution >= 4 is 34.4 Å². The molecule has 2 unspecified atom stereocenters. The van der Waals surface area contributed by atoms with Gasteiger partial charge < -0.3 is 0 Å². The van der Waals surface area contributed by atoms with Crippen LogP contribution in [-0.2, 0) is 5.15 Å². The predicted octanol–water partition coefficient (Wildman–Crippen LogP) is 2.98. The van der Waals surface area contributed by atoms with Crippen LogP contribution in [0.3, 0.4) is 0 Å². The molecule has 0 spiro atoms. The number of aryl methyl sites for hydroxylation is 1. The zero-order valence-corrected chi connectivity index (χ0v) is 10.4. The number of rotatable bonds is 1. The summed E-state index contributed by atoms with van der Waals surface area (Å²) < 4.78 is 14.0. The van der Waals surface area contributed by atoms with Crippen LogP contribution in [0.1, 0.15) is 11.3 Å². The maximum atomic E-state index is 13.3. The molecule has 0 bridgehead atoms. The summed E-state index contributed by atoms with van der Waals surface area (Å²) in [5.41, 5.74) is 1.38. The van der Waals surface area contributed by atoms with E-state index in [1.807, 2.05) is 13.0 Å². The Bertz CT molecular complexity index is 298. The summed E-state index contributed by atoms with van der Waals surface area (Å²) in [7, 11) is 4.16. The molecule has 0 saturated heterocycles. The van der Waals surface area contributed by atoms with E-state index in [1.165, 1.54) is 0 Å². The van der Waals surface area contributed by atoms with Crippen LogP contribution in [0.2, 0.25) is 0 Å². The van der Waals surface area contributed by atoms with Crippen LogP contribution in [0.4, 0.5) is 4.39 Å². The van der Waals surface area contributed by atoms with Crippen LogP contribution in [0.25, 0.3) is 0 Å². The zero-order chi connectivity index (χ0) is 9.35. The number of aromatic nitrogens is 1. The van der Waals surface area contributed by atoms with Gasteiger partial charge in [-0.3, -0.25) is 0 Å². The minimum Gasteiger partial charge on any atom is -0.242 e. The topological polar surface area (TPSA) is 12.9 Å². The van der Waals surface area contributed by atoms with E-state index >= 15 is 0 Å². The van der Waals surface area contributed by atoms with Crippen molar-refractivity contribution in [1.82, 2.24) is 4.98 Å². The largest absolute Gasteiger partial charge is 0.242 e. The first-order valence-electron chi connectivity index (χ1n) is 3.31. The normalized spacial score (nSPS) is 11.8. The predicted molar refractivity (Wildman–Crippen MR) is 58.9 cm³/mol. The van der Waals surface area contributed by atoms with Crippen molar-refractivity contribution in [2.24, 2.45) is 0 Å². The van der Waals surface area contributed by atoms with Crippen molar-refractivity contribution in [1.29, 1.82) is 0 Å². The fraction of sp³-hybridized carbons (Fsp3) is 0.286. The summed E-state index contributed by atoms with van der Waals surface area (Å²) in [6.07, 6.45) is 0. The lowest BCUT2D eigenvalue weighted by atomic mass is 10.3. The number of pyridine rings is 1. The summed E-state index contributed by atoms with van der Waals surface area (Å²) in [5.74, 6) is 0. The van der Waals surface area contributed by atoms with Gasteiger partial charge in [-0.25, -0.2) is 9.37 Å². The second-order valence-electron chi connectivity index (χ2n) is 2.57. The molecular weight excluding hydrogens is 259 g/mol. The molecule has 1 rings (SSSR count). The maximum absolute atomic E-state index is 13.3. The third-order valence-corrected chi connectivity index (χ3v) is 2.82. The highest BCUT2D eigenvalue weighted by molar-refractivity contribution is 9.10. The Morgan fingerprint density at radius 1 is 1.50 bits per heavy atom. The molecule has 0 fully saturated rings. The Balaban J connectivity index is 3.14. The van der Waals surface area contributed by atoms with E-state index in [9.17, 15) is 4.39 Å². The van der Waals surface area contributed by atoms with Gasteiger partial charge >= 0.3 is 0 Å². The van der Waals surface area contributed by atoms with Gasteiger partial charge in [0.15, 0.2) is 5.15 Å². The summed E-state index contributed by atoms with van der Waals surface area (Å²) in [5, 5.41) is -1.53. The molecule has 1 nitrogen and oxygen atoms in total. The minimum absolute atomic E-state index is 0.384. The second kappa shape index (κ2) is 3.65. The Morgan fingerprint density at radius 3 is 2.50 bits per heavy atom. The number of alkyl halides is 1. The molecule has 0 aromatic carbocycles. The first-order valence-corrected chi connectivity index (χ1v) is 5.26. The molecule has 12 heavy (non-hydrogen) atoms. The molecule has 0 aliphatic heterocycles. The highest BCUT2D eigenvalue weighted by atomic mass is 79.9. The smallest absolute Gasteiger partial charge is 0.177 e. The molecule has 0 aliphatic rings. The maximum Gasteiger partial charge on any atom is 0.177 e. The number of halogens is 2. The van der Waals surface area contributed by atoms with Gasteiger partial charge in [0.1, 0.15) is 4.60 Å². The van der Waals surface area contributed by atoms with Crippen LogP contribution < -0.4 is 0 Å². The summed E-state index contributed by atoms with van der Waals surface area (Å²) >= 11 is 3.24. The van der Waals surface area contributed by atoms with Gasteiger partial charge in [0.2, 0.25) is 0 Å². The highest BCUT2D eigenvalue weighted by Crippen LogP contribution is 2.39. The van der Waals surface area contributed by atoms with Gasteiger partial charge in [-0.05, 0) is 34.5 Å².